The first-order chi connectivity index (χ1) is 20.3. The fourth-order valence-electron chi connectivity index (χ4n) is 5.56. The second kappa shape index (κ2) is 11.0. The van der Waals surface area contributed by atoms with E-state index in [1.54, 1.807) is 0 Å². The molecule has 0 aliphatic carbocycles. The summed E-state index contributed by atoms with van der Waals surface area (Å²) in [5, 5.41) is 2.49. The molecule has 0 aromatic heterocycles. The number of fused-ring (bicyclic) bond motifs is 1. The van der Waals surface area contributed by atoms with Gasteiger partial charge in [-0.2, -0.15) is 0 Å². The normalized spacial score (nSPS) is 10.9. The summed E-state index contributed by atoms with van der Waals surface area (Å²) in [7, 11) is 0. The van der Waals surface area contributed by atoms with Crippen LogP contribution in [0, 0.1) is 0 Å². The molecular formula is C40H29N. The largest absolute Gasteiger partial charge is 0.310 e. The van der Waals surface area contributed by atoms with Crippen LogP contribution in [0.25, 0.3) is 44.2 Å². The summed E-state index contributed by atoms with van der Waals surface area (Å²) in [5.41, 5.74) is 10.6. The molecule has 0 spiro atoms. The highest BCUT2D eigenvalue weighted by molar-refractivity contribution is 5.93. The van der Waals surface area contributed by atoms with Crippen LogP contribution in [-0.2, 0) is 0 Å². The van der Waals surface area contributed by atoms with E-state index in [1.165, 1.54) is 44.2 Å². The van der Waals surface area contributed by atoms with Crippen LogP contribution in [0.3, 0.4) is 0 Å². The first-order valence-corrected chi connectivity index (χ1v) is 14.0. The maximum absolute atomic E-state index is 2.37. The molecule has 0 unspecified atom stereocenters. The Kier molecular flexibility index (Phi) is 6.61. The Morgan fingerprint density at radius 3 is 1.32 bits per heavy atom. The Balaban J connectivity index is 1.36. The lowest BCUT2D eigenvalue weighted by Gasteiger charge is -2.28. The van der Waals surface area contributed by atoms with Crippen molar-refractivity contribution in [1.29, 1.82) is 0 Å². The van der Waals surface area contributed by atoms with Gasteiger partial charge in [0, 0.05) is 16.9 Å². The van der Waals surface area contributed by atoms with Gasteiger partial charge in [-0.3, -0.25) is 0 Å². The molecule has 0 fully saturated rings. The second-order valence-electron chi connectivity index (χ2n) is 10.2. The van der Waals surface area contributed by atoms with Crippen LogP contribution in [0.4, 0.5) is 17.1 Å². The quantitative estimate of drug-likeness (QED) is 0.209. The van der Waals surface area contributed by atoms with Crippen molar-refractivity contribution in [1.82, 2.24) is 0 Å². The summed E-state index contributed by atoms with van der Waals surface area (Å²) in [4.78, 5) is 2.37. The summed E-state index contributed by atoms with van der Waals surface area (Å²) >= 11 is 0. The van der Waals surface area contributed by atoms with Gasteiger partial charge in [-0.1, -0.05) is 140 Å². The number of rotatable bonds is 6. The molecule has 194 valence electrons. The van der Waals surface area contributed by atoms with E-state index in [9.17, 15) is 0 Å². The van der Waals surface area contributed by atoms with Crippen molar-refractivity contribution < 1.29 is 0 Å². The van der Waals surface area contributed by atoms with Crippen LogP contribution >= 0.6 is 0 Å². The van der Waals surface area contributed by atoms with Crippen LogP contribution < -0.4 is 4.90 Å². The molecule has 0 aliphatic heterocycles. The molecule has 0 amide bonds. The Bertz CT molecular complexity index is 1820. The Morgan fingerprint density at radius 1 is 0.293 bits per heavy atom. The Hall–Kier alpha value is -5.40. The monoisotopic (exact) mass is 523 g/mol. The minimum atomic E-state index is 1.12. The number of hydrogen-bond acceptors (Lipinski definition) is 1. The molecule has 0 N–H and O–H groups in total. The number of para-hydroxylation sites is 1. The molecule has 1 nitrogen and oxygen atoms in total. The standard InChI is InChI=1S/C40H29N/c1-3-11-30(12-4-1)33-21-25-37(26-22-33)41(38-27-23-34(24-28-38)31-13-5-2-6-14-31)40-18-10-9-17-39(40)36-20-19-32-15-7-8-16-35(32)29-36/h1-29H. The summed E-state index contributed by atoms with van der Waals surface area (Å²) in [6.07, 6.45) is 0. The molecule has 7 rings (SSSR count). The maximum atomic E-state index is 2.37. The molecule has 0 atom stereocenters. The lowest BCUT2D eigenvalue weighted by atomic mass is 9.98. The van der Waals surface area contributed by atoms with Gasteiger partial charge in [-0.05, 0) is 75.0 Å². The molecule has 7 aromatic rings. The molecule has 0 bridgehead atoms. The van der Waals surface area contributed by atoms with E-state index in [-0.39, 0.29) is 0 Å². The SMILES string of the molecule is c1ccc(-c2ccc(N(c3ccc(-c4ccccc4)cc3)c3ccccc3-c3ccc4ccccc4c3)cc2)cc1. The molecule has 0 aliphatic rings. The van der Waals surface area contributed by atoms with Crippen molar-refractivity contribution in [3.63, 3.8) is 0 Å². The average Bonchev–Trinajstić information content (AvgIpc) is 3.06. The Labute approximate surface area is 241 Å². The van der Waals surface area contributed by atoms with Crippen molar-refractivity contribution in [2.45, 2.75) is 0 Å². The molecule has 1 heteroatoms. The first-order valence-electron chi connectivity index (χ1n) is 14.0. The highest BCUT2D eigenvalue weighted by atomic mass is 15.1. The third kappa shape index (κ3) is 5.02. The van der Waals surface area contributed by atoms with Crippen molar-refractivity contribution in [2.24, 2.45) is 0 Å². The minimum absolute atomic E-state index is 1.12. The maximum Gasteiger partial charge on any atom is 0.0540 e. The van der Waals surface area contributed by atoms with E-state index < -0.39 is 0 Å². The van der Waals surface area contributed by atoms with Crippen LogP contribution in [0.5, 0.6) is 0 Å². The molecule has 0 saturated heterocycles. The number of hydrogen-bond donors (Lipinski definition) is 0. The lowest BCUT2D eigenvalue weighted by Crippen LogP contribution is -2.11. The van der Waals surface area contributed by atoms with E-state index in [2.05, 4.69) is 181 Å². The summed E-state index contributed by atoms with van der Waals surface area (Å²) in [6.45, 7) is 0. The zero-order valence-corrected chi connectivity index (χ0v) is 22.7. The van der Waals surface area contributed by atoms with Gasteiger partial charge in [0.25, 0.3) is 0 Å². The van der Waals surface area contributed by atoms with Crippen molar-refractivity contribution >= 4 is 27.8 Å². The van der Waals surface area contributed by atoms with Gasteiger partial charge >= 0.3 is 0 Å². The second-order valence-corrected chi connectivity index (χ2v) is 10.2. The van der Waals surface area contributed by atoms with Gasteiger partial charge in [0.1, 0.15) is 0 Å². The fraction of sp³-hybridized carbons (Fsp3) is 0. The van der Waals surface area contributed by atoms with Gasteiger partial charge in [0.2, 0.25) is 0 Å². The highest BCUT2D eigenvalue weighted by Crippen LogP contribution is 2.42. The summed E-state index contributed by atoms with van der Waals surface area (Å²) < 4.78 is 0. The Morgan fingerprint density at radius 2 is 0.732 bits per heavy atom. The molecule has 41 heavy (non-hydrogen) atoms. The molecule has 0 saturated carbocycles. The van der Waals surface area contributed by atoms with E-state index >= 15 is 0 Å². The van der Waals surface area contributed by atoms with E-state index in [1.807, 2.05) is 0 Å². The molecule has 7 aromatic carbocycles. The van der Waals surface area contributed by atoms with Gasteiger partial charge < -0.3 is 4.90 Å². The predicted octanol–water partition coefficient (Wildman–Crippen LogP) is 11.3. The number of anilines is 3. The van der Waals surface area contributed by atoms with Gasteiger partial charge in [-0.25, -0.2) is 0 Å². The predicted molar refractivity (Wildman–Crippen MR) is 175 cm³/mol. The van der Waals surface area contributed by atoms with Crippen LogP contribution in [0.2, 0.25) is 0 Å². The van der Waals surface area contributed by atoms with Gasteiger partial charge in [0.15, 0.2) is 0 Å². The third-order valence-electron chi connectivity index (χ3n) is 7.67. The van der Waals surface area contributed by atoms with Crippen molar-refractivity contribution in [3.05, 3.63) is 176 Å². The highest BCUT2D eigenvalue weighted by Gasteiger charge is 2.17. The average molecular weight is 524 g/mol. The van der Waals surface area contributed by atoms with Gasteiger partial charge in [-0.15, -0.1) is 0 Å². The van der Waals surface area contributed by atoms with Gasteiger partial charge in [0.05, 0.1) is 5.69 Å². The van der Waals surface area contributed by atoms with Crippen LogP contribution in [0.1, 0.15) is 0 Å². The number of benzene rings is 7. The van der Waals surface area contributed by atoms with Crippen LogP contribution in [0.15, 0.2) is 176 Å². The molecule has 0 heterocycles. The van der Waals surface area contributed by atoms with E-state index in [0.717, 1.165) is 17.1 Å². The lowest BCUT2D eigenvalue weighted by molar-refractivity contribution is 1.28. The van der Waals surface area contributed by atoms with E-state index in [4.69, 9.17) is 0 Å². The zero-order chi connectivity index (χ0) is 27.4. The van der Waals surface area contributed by atoms with Crippen LogP contribution in [-0.4, -0.2) is 0 Å². The minimum Gasteiger partial charge on any atom is -0.310 e. The smallest absolute Gasteiger partial charge is 0.0540 e. The number of nitrogens with zero attached hydrogens (tertiary/aromatic N) is 1. The topological polar surface area (TPSA) is 3.24 Å². The molecular weight excluding hydrogens is 494 g/mol. The zero-order valence-electron chi connectivity index (χ0n) is 22.7. The summed E-state index contributed by atoms with van der Waals surface area (Å²) in [5.74, 6) is 0. The van der Waals surface area contributed by atoms with Crippen molar-refractivity contribution in [2.75, 3.05) is 4.90 Å². The first kappa shape index (κ1) is 24.6. The third-order valence-corrected chi connectivity index (χ3v) is 7.67. The van der Waals surface area contributed by atoms with E-state index in [0.29, 0.717) is 0 Å². The van der Waals surface area contributed by atoms with Crippen molar-refractivity contribution in [3.8, 4) is 33.4 Å². The summed E-state index contributed by atoms with van der Waals surface area (Å²) in [6, 6.07) is 62.9. The fourth-order valence-corrected chi connectivity index (χ4v) is 5.56. The molecule has 0 radical (unpaired) electrons.